The molecule has 0 heterocycles. The van der Waals surface area contributed by atoms with Gasteiger partial charge in [-0.25, -0.2) is 4.39 Å². The van der Waals surface area contributed by atoms with Crippen LogP contribution in [-0.2, 0) is 4.79 Å². The molecular formula is C18H15FN2O2. The number of nitriles is 1. The van der Waals surface area contributed by atoms with Crippen LogP contribution in [0.1, 0.15) is 11.1 Å². The number of anilines is 1. The van der Waals surface area contributed by atoms with Gasteiger partial charge in [0.15, 0.2) is 0 Å². The van der Waals surface area contributed by atoms with Crippen molar-refractivity contribution < 1.29 is 13.9 Å². The highest BCUT2D eigenvalue weighted by Gasteiger charge is 2.10. The van der Waals surface area contributed by atoms with Crippen molar-refractivity contribution >= 4 is 17.7 Å². The van der Waals surface area contributed by atoms with E-state index < -0.39 is 11.7 Å². The van der Waals surface area contributed by atoms with Crippen LogP contribution >= 0.6 is 0 Å². The second-order valence-corrected chi connectivity index (χ2v) is 4.86. The third kappa shape index (κ3) is 4.17. The lowest BCUT2D eigenvalue weighted by Gasteiger charge is -2.06. The summed E-state index contributed by atoms with van der Waals surface area (Å²) in [5, 5.41) is 11.7. The molecule has 0 aromatic heterocycles. The average Bonchev–Trinajstić information content (AvgIpc) is 2.54. The zero-order valence-electron chi connectivity index (χ0n) is 12.8. The number of carbonyl (C=O) groups excluding carboxylic acids is 1. The van der Waals surface area contributed by atoms with Gasteiger partial charge >= 0.3 is 0 Å². The zero-order valence-corrected chi connectivity index (χ0v) is 12.8. The molecule has 0 saturated carbocycles. The molecule has 0 aliphatic rings. The summed E-state index contributed by atoms with van der Waals surface area (Å²) in [6.07, 6.45) is 1.49. The van der Waals surface area contributed by atoms with Crippen molar-refractivity contribution in [1.29, 1.82) is 5.26 Å². The Kier molecular flexibility index (Phi) is 5.11. The number of methoxy groups -OCH3 is 1. The highest BCUT2D eigenvalue weighted by molar-refractivity contribution is 6.09. The predicted octanol–water partition coefficient (Wildman–Crippen LogP) is 3.69. The SMILES string of the molecule is COc1ccc(/C=C(\C#N)C(=O)Nc2ccc(F)cc2)cc1C. The number of amides is 1. The summed E-state index contributed by atoms with van der Waals surface area (Å²) in [6.45, 7) is 1.88. The maximum absolute atomic E-state index is 12.8. The van der Waals surface area contributed by atoms with Crippen LogP contribution in [0.5, 0.6) is 5.75 Å². The van der Waals surface area contributed by atoms with Crippen molar-refractivity contribution in [3.63, 3.8) is 0 Å². The topological polar surface area (TPSA) is 62.1 Å². The first-order valence-electron chi connectivity index (χ1n) is 6.87. The van der Waals surface area contributed by atoms with Gasteiger partial charge in [-0.15, -0.1) is 0 Å². The summed E-state index contributed by atoms with van der Waals surface area (Å²) in [5.74, 6) is -0.211. The smallest absolute Gasteiger partial charge is 0.266 e. The number of nitrogens with one attached hydrogen (secondary N) is 1. The first-order valence-corrected chi connectivity index (χ1v) is 6.87. The maximum Gasteiger partial charge on any atom is 0.266 e. The number of carbonyl (C=O) groups is 1. The van der Waals surface area contributed by atoms with E-state index in [4.69, 9.17) is 4.74 Å². The summed E-state index contributed by atoms with van der Waals surface area (Å²) < 4.78 is 18.0. The Labute approximate surface area is 133 Å². The number of rotatable bonds is 4. The highest BCUT2D eigenvalue weighted by atomic mass is 19.1. The summed E-state index contributed by atoms with van der Waals surface area (Å²) in [7, 11) is 1.58. The molecule has 0 atom stereocenters. The van der Waals surface area contributed by atoms with Crippen molar-refractivity contribution in [2.45, 2.75) is 6.92 Å². The standard InChI is InChI=1S/C18H15FN2O2/c1-12-9-13(3-8-17(12)23-2)10-14(11-20)18(22)21-16-6-4-15(19)5-7-16/h3-10H,1-2H3,(H,21,22)/b14-10+. The number of aryl methyl sites for hydroxylation is 1. The fourth-order valence-electron chi connectivity index (χ4n) is 2.04. The van der Waals surface area contributed by atoms with Gasteiger partial charge in [-0.05, 0) is 60.5 Å². The van der Waals surface area contributed by atoms with Gasteiger partial charge in [-0.2, -0.15) is 5.26 Å². The minimum atomic E-state index is -0.549. The Morgan fingerprint density at radius 2 is 1.96 bits per heavy atom. The van der Waals surface area contributed by atoms with Crippen LogP contribution in [0.25, 0.3) is 6.08 Å². The molecule has 4 nitrogen and oxygen atoms in total. The molecule has 0 spiro atoms. The van der Waals surface area contributed by atoms with E-state index in [9.17, 15) is 14.4 Å². The summed E-state index contributed by atoms with van der Waals surface area (Å²) in [5.41, 5.74) is 1.99. The van der Waals surface area contributed by atoms with Gasteiger partial charge in [0, 0.05) is 5.69 Å². The summed E-state index contributed by atoms with van der Waals surface area (Å²) in [4.78, 5) is 12.1. The van der Waals surface area contributed by atoms with E-state index in [2.05, 4.69) is 5.32 Å². The number of nitrogens with zero attached hydrogens (tertiary/aromatic N) is 1. The van der Waals surface area contributed by atoms with Crippen LogP contribution < -0.4 is 10.1 Å². The molecule has 2 aromatic carbocycles. The van der Waals surface area contributed by atoms with E-state index in [0.29, 0.717) is 11.3 Å². The molecule has 2 aromatic rings. The van der Waals surface area contributed by atoms with Crippen molar-refractivity contribution in [3.05, 3.63) is 65.0 Å². The molecule has 0 radical (unpaired) electrons. The molecule has 0 aliphatic heterocycles. The number of halogens is 1. The average molecular weight is 310 g/mol. The van der Waals surface area contributed by atoms with E-state index >= 15 is 0 Å². The van der Waals surface area contributed by atoms with Crippen LogP contribution in [0.4, 0.5) is 10.1 Å². The molecule has 2 rings (SSSR count). The van der Waals surface area contributed by atoms with Crippen molar-refractivity contribution in [1.82, 2.24) is 0 Å². The first-order chi connectivity index (χ1) is 11.0. The molecule has 23 heavy (non-hydrogen) atoms. The van der Waals surface area contributed by atoms with E-state index in [-0.39, 0.29) is 5.57 Å². The van der Waals surface area contributed by atoms with Gasteiger partial charge in [-0.3, -0.25) is 4.79 Å². The van der Waals surface area contributed by atoms with Crippen molar-refractivity contribution in [3.8, 4) is 11.8 Å². The van der Waals surface area contributed by atoms with Crippen LogP contribution in [0.3, 0.4) is 0 Å². The molecule has 0 fully saturated rings. The van der Waals surface area contributed by atoms with Crippen molar-refractivity contribution in [2.75, 3.05) is 12.4 Å². The van der Waals surface area contributed by atoms with Crippen LogP contribution in [0.2, 0.25) is 0 Å². The van der Waals surface area contributed by atoms with E-state index in [1.807, 2.05) is 19.1 Å². The first kappa shape index (κ1) is 16.2. The van der Waals surface area contributed by atoms with Crippen molar-refractivity contribution in [2.24, 2.45) is 0 Å². The molecule has 0 saturated heterocycles. The molecule has 0 unspecified atom stereocenters. The Balaban J connectivity index is 2.21. The van der Waals surface area contributed by atoms with Crippen LogP contribution in [0, 0.1) is 24.1 Å². The molecular weight excluding hydrogens is 295 g/mol. The fourth-order valence-corrected chi connectivity index (χ4v) is 2.04. The number of ether oxygens (including phenoxy) is 1. The summed E-state index contributed by atoms with van der Waals surface area (Å²) >= 11 is 0. The lowest BCUT2D eigenvalue weighted by atomic mass is 10.1. The molecule has 116 valence electrons. The van der Waals surface area contributed by atoms with Gasteiger partial charge in [0.1, 0.15) is 23.2 Å². The highest BCUT2D eigenvalue weighted by Crippen LogP contribution is 2.20. The summed E-state index contributed by atoms with van der Waals surface area (Å²) in [6, 6.07) is 12.6. The molecule has 0 bridgehead atoms. The number of benzene rings is 2. The third-order valence-electron chi connectivity index (χ3n) is 3.20. The van der Waals surface area contributed by atoms with E-state index in [1.54, 1.807) is 19.2 Å². The number of hydrogen-bond acceptors (Lipinski definition) is 3. The quantitative estimate of drug-likeness (QED) is 0.692. The Bertz CT molecular complexity index is 790. The Hall–Kier alpha value is -3.13. The molecule has 0 aliphatic carbocycles. The van der Waals surface area contributed by atoms with Gasteiger partial charge in [0.25, 0.3) is 5.91 Å². The molecule has 1 N–H and O–H groups in total. The van der Waals surface area contributed by atoms with E-state index in [0.717, 1.165) is 11.3 Å². The Morgan fingerprint density at radius 3 is 2.52 bits per heavy atom. The number of hydrogen-bond donors (Lipinski definition) is 1. The molecule has 5 heteroatoms. The van der Waals surface area contributed by atoms with Gasteiger partial charge in [0.05, 0.1) is 7.11 Å². The second kappa shape index (κ2) is 7.23. The minimum Gasteiger partial charge on any atom is -0.496 e. The maximum atomic E-state index is 12.8. The van der Waals surface area contributed by atoms with Crippen LogP contribution in [0.15, 0.2) is 48.0 Å². The fraction of sp³-hybridized carbons (Fsp3) is 0.111. The minimum absolute atomic E-state index is 0.0427. The third-order valence-corrected chi connectivity index (χ3v) is 3.20. The van der Waals surface area contributed by atoms with Gasteiger partial charge < -0.3 is 10.1 Å². The van der Waals surface area contributed by atoms with Gasteiger partial charge in [0.2, 0.25) is 0 Å². The zero-order chi connectivity index (χ0) is 16.8. The lowest BCUT2D eigenvalue weighted by molar-refractivity contribution is -0.112. The lowest BCUT2D eigenvalue weighted by Crippen LogP contribution is -2.13. The monoisotopic (exact) mass is 310 g/mol. The molecule has 1 amide bonds. The van der Waals surface area contributed by atoms with E-state index in [1.165, 1.54) is 30.3 Å². The van der Waals surface area contributed by atoms with Gasteiger partial charge in [-0.1, -0.05) is 6.07 Å². The Morgan fingerprint density at radius 1 is 1.26 bits per heavy atom. The normalized spacial score (nSPS) is 10.8. The second-order valence-electron chi connectivity index (χ2n) is 4.86. The largest absolute Gasteiger partial charge is 0.496 e. The van der Waals surface area contributed by atoms with Crippen LogP contribution in [-0.4, -0.2) is 13.0 Å². The predicted molar refractivity (Wildman–Crippen MR) is 86.4 cm³/mol.